The second-order valence-electron chi connectivity index (χ2n) is 8.85. The van der Waals surface area contributed by atoms with E-state index in [1.807, 2.05) is 19.9 Å². The van der Waals surface area contributed by atoms with Crippen molar-refractivity contribution in [2.24, 2.45) is 0 Å². The van der Waals surface area contributed by atoms with E-state index >= 15 is 0 Å². The van der Waals surface area contributed by atoms with E-state index < -0.39 is 15.9 Å². The Morgan fingerprint density at radius 1 is 1.22 bits per heavy atom. The molecule has 3 aromatic heterocycles. The van der Waals surface area contributed by atoms with E-state index in [9.17, 15) is 13.2 Å². The molecular formula is C25H32N6O4S. The molecule has 0 bridgehead atoms. The van der Waals surface area contributed by atoms with Crippen LogP contribution < -0.4 is 20.1 Å². The van der Waals surface area contributed by atoms with E-state index in [2.05, 4.69) is 26.5 Å². The Labute approximate surface area is 212 Å². The molecule has 1 amide bonds. The van der Waals surface area contributed by atoms with Gasteiger partial charge in [-0.1, -0.05) is 13.0 Å². The molecule has 1 unspecified atom stereocenters. The van der Waals surface area contributed by atoms with Crippen LogP contribution in [-0.2, 0) is 10.0 Å². The lowest BCUT2D eigenvalue weighted by Crippen LogP contribution is -2.35. The van der Waals surface area contributed by atoms with Gasteiger partial charge in [-0.2, -0.15) is 8.42 Å². The Kier molecular flexibility index (Phi) is 7.39. The second kappa shape index (κ2) is 10.5. The molecule has 1 atom stereocenters. The summed E-state index contributed by atoms with van der Waals surface area (Å²) in [6.07, 6.45) is 4.48. The monoisotopic (exact) mass is 512 g/mol. The molecule has 0 saturated carbocycles. The predicted octanol–water partition coefficient (Wildman–Crippen LogP) is 3.65. The van der Waals surface area contributed by atoms with Gasteiger partial charge in [0.15, 0.2) is 5.03 Å². The van der Waals surface area contributed by atoms with Crippen molar-refractivity contribution in [3.63, 3.8) is 0 Å². The summed E-state index contributed by atoms with van der Waals surface area (Å²) in [5, 5.41) is -0.329. The number of hydrogen-bond donors (Lipinski definition) is 2. The summed E-state index contributed by atoms with van der Waals surface area (Å²) in [5.41, 5.74) is 7.16. The third kappa shape index (κ3) is 5.56. The van der Waals surface area contributed by atoms with Crippen molar-refractivity contribution < 1.29 is 19.4 Å². The summed E-state index contributed by atoms with van der Waals surface area (Å²) in [7, 11) is -4.23. The van der Waals surface area contributed by atoms with Crippen molar-refractivity contribution in [3.05, 3.63) is 54.2 Å². The van der Waals surface area contributed by atoms with Gasteiger partial charge in [0.25, 0.3) is 15.9 Å². The number of carbonyl (C=O) groups is 1. The van der Waals surface area contributed by atoms with E-state index in [1.54, 1.807) is 24.4 Å². The van der Waals surface area contributed by atoms with Crippen LogP contribution in [0.25, 0.3) is 11.3 Å². The zero-order chi connectivity index (χ0) is 25.9. The number of nitrogens with zero attached hydrogens (tertiary/aromatic N) is 4. The van der Waals surface area contributed by atoms with Gasteiger partial charge in [0.2, 0.25) is 5.88 Å². The number of nitrogen functional groups attached to an aromatic ring is 1. The van der Waals surface area contributed by atoms with Gasteiger partial charge >= 0.3 is 0 Å². The maximum Gasteiger partial charge on any atom is 0.281 e. The molecule has 1 saturated heterocycles. The van der Waals surface area contributed by atoms with Crippen molar-refractivity contribution in [1.29, 1.82) is 0 Å². The summed E-state index contributed by atoms with van der Waals surface area (Å²) in [4.78, 5) is 28.3. The summed E-state index contributed by atoms with van der Waals surface area (Å²) in [6, 6.07) is 11.3. The van der Waals surface area contributed by atoms with Crippen molar-refractivity contribution in [2.45, 2.75) is 57.2 Å². The van der Waals surface area contributed by atoms with Crippen molar-refractivity contribution in [3.8, 4) is 17.1 Å². The molecule has 0 aromatic carbocycles. The van der Waals surface area contributed by atoms with Gasteiger partial charge in [-0.15, -0.1) is 0 Å². The van der Waals surface area contributed by atoms with Gasteiger partial charge in [0.05, 0.1) is 17.4 Å². The van der Waals surface area contributed by atoms with Crippen LogP contribution in [0.1, 0.15) is 51.8 Å². The van der Waals surface area contributed by atoms with E-state index in [1.165, 1.54) is 18.2 Å². The number of sulfonamides is 1. The average Bonchev–Trinajstić information content (AvgIpc) is 3.32. The number of aromatic nitrogens is 3. The quantitative estimate of drug-likeness (QED) is 0.463. The molecule has 1 aliphatic rings. The van der Waals surface area contributed by atoms with Crippen molar-refractivity contribution in [1.82, 2.24) is 19.7 Å². The molecule has 11 heteroatoms. The Balaban J connectivity index is 0.00000380. The van der Waals surface area contributed by atoms with Crippen molar-refractivity contribution in [2.75, 3.05) is 17.2 Å². The van der Waals surface area contributed by atoms with Crippen LogP contribution in [0.5, 0.6) is 5.88 Å². The van der Waals surface area contributed by atoms with E-state index in [-0.39, 0.29) is 30.0 Å². The van der Waals surface area contributed by atoms with Crippen LogP contribution in [0.2, 0.25) is 0 Å². The first-order valence-electron chi connectivity index (χ1n) is 11.9. The lowest BCUT2D eigenvalue weighted by atomic mass is 10.1. The summed E-state index contributed by atoms with van der Waals surface area (Å²) >= 11 is 0. The summed E-state index contributed by atoms with van der Waals surface area (Å²) < 4.78 is 33.4. The molecule has 4 heterocycles. The average molecular weight is 513 g/mol. The highest BCUT2D eigenvalue weighted by Crippen LogP contribution is 2.31. The number of pyridine rings is 3. The van der Waals surface area contributed by atoms with Gasteiger partial charge in [0.1, 0.15) is 11.6 Å². The summed E-state index contributed by atoms with van der Waals surface area (Å²) in [6.45, 7) is 6.66. The van der Waals surface area contributed by atoms with Gasteiger partial charge in [-0.05, 0) is 63.4 Å². The third-order valence-electron chi connectivity index (χ3n) is 5.88. The number of nitrogens with two attached hydrogens (primary N) is 1. The number of rotatable bonds is 8. The van der Waals surface area contributed by atoms with E-state index in [0.717, 1.165) is 31.4 Å². The van der Waals surface area contributed by atoms with Gasteiger partial charge in [0, 0.05) is 31.8 Å². The molecular weight excluding hydrogens is 480 g/mol. The highest BCUT2D eigenvalue weighted by molar-refractivity contribution is 7.90. The summed E-state index contributed by atoms with van der Waals surface area (Å²) in [5.74, 6) is 0.204. The fourth-order valence-electron chi connectivity index (χ4n) is 4.20. The van der Waals surface area contributed by atoms with Crippen LogP contribution in [0.15, 0.2) is 53.7 Å². The molecule has 1 fully saturated rings. The molecule has 0 spiro atoms. The first kappa shape index (κ1) is 25.4. The fourth-order valence-corrected chi connectivity index (χ4v) is 5.14. The number of amides is 1. The van der Waals surface area contributed by atoms with E-state index in [4.69, 9.17) is 15.5 Å². The maximum atomic E-state index is 13.2. The molecule has 4 rings (SSSR count). The SMILES string of the molecule is CCC1CCCN1c1nc(-c2ccc(OC(C)C)nc2)ccc1C(=O)NS(=O)(=O)c1cccc(N)n1.[HH]. The minimum Gasteiger partial charge on any atom is -0.475 e. The third-order valence-corrected chi connectivity index (χ3v) is 7.11. The first-order chi connectivity index (χ1) is 17.2. The molecule has 0 radical (unpaired) electrons. The highest BCUT2D eigenvalue weighted by Gasteiger charge is 2.30. The molecule has 1 aliphatic heterocycles. The fraction of sp³-hybridized carbons (Fsp3) is 0.360. The lowest BCUT2D eigenvalue weighted by Gasteiger charge is -2.27. The van der Waals surface area contributed by atoms with Crippen LogP contribution in [0.3, 0.4) is 0 Å². The van der Waals surface area contributed by atoms with Crippen LogP contribution >= 0.6 is 0 Å². The van der Waals surface area contributed by atoms with Gasteiger partial charge in [-0.3, -0.25) is 4.79 Å². The zero-order valence-corrected chi connectivity index (χ0v) is 21.3. The normalized spacial score (nSPS) is 15.8. The Morgan fingerprint density at radius 3 is 2.69 bits per heavy atom. The smallest absolute Gasteiger partial charge is 0.281 e. The minimum atomic E-state index is -4.23. The minimum absolute atomic E-state index is 0. The molecule has 192 valence electrons. The van der Waals surface area contributed by atoms with Crippen LogP contribution in [-0.4, -0.2) is 48.0 Å². The van der Waals surface area contributed by atoms with Gasteiger partial charge < -0.3 is 15.4 Å². The number of anilines is 2. The standard InChI is InChI=1S/C25H30N6O4S.H2/c1-4-18-7-6-14-31(18)24-19(25(32)30-36(33,34)23-9-5-8-21(26)29-23)11-12-20(28-24)17-10-13-22(27-15-17)35-16(2)3;/h5,8-13,15-16,18H,4,6-7,14H2,1-3H3,(H2,26,29)(H,30,32);1H. The van der Waals surface area contributed by atoms with Crippen molar-refractivity contribution >= 4 is 27.6 Å². The second-order valence-corrected chi connectivity index (χ2v) is 10.5. The number of nitrogens with one attached hydrogen (secondary N) is 1. The maximum absolute atomic E-state index is 13.2. The van der Waals surface area contributed by atoms with Crippen LogP contribution in [0.4, 0.5) is 11.6 Å². The Morgan fingerprint density at radius 2 is 2.03 bits per heavy atom. The lowest BCUT2D eigenvalue weighted by molar-refractivity contribution is 0.0981. The zero-order valence-electron chi connectivity index (χ0n) is 20.5. The topological polar surface area (TPSA) is 140 Å². The Hall–Kier alpha value is -3.73. The molecule has 3 aromatic rings. The number of ether oxygens (including phenoxy) is 1. The first-order valence-corrected chi connectivity index (χ1v) is 13.4. The molecule has 3 N–H and O–H groups in total. The van der Waals surface area contributed by atoms with Crippen LogP contribution in [0, 0.1) is 0 Å². The van der Waals surface area contributed by atoms with Gasteiger partial charge in [-0.25, -0.2) is 19.7 Å². The molecule has 36 heavy (non-hydrogen) atoms. The number of carbonyl (C=O) groups excluding carboxylic acids is 1. The number of hydrogen-bond acceptors (Lipinski definition) is 9. The predicted molar refractivity (Wildman–Crippen MR) is 139 cm³/mol. The van der Waals surface area contributed by atoms with E-state index in [0.29, 0.717) is 17.4 Å². The largest absolute Gasteiger partial charge is 0.475 e. The molecule has 10 nitrogen and oxygen atoms in total. The highest BCUT2D eigenvalue weighted by atomic mass is 32.2. The molecule has 0 aliphatic carbocycles. The Bertz CT molecular complexity index is 1350.